The maximum absolute atomic E-state index is 11.8. The highest BCUT2D eigenvalue weighted by atomic mass is 35.8. The van der Waals surface area contributed by atoms with Gasteiger partial charge in [0.2, 0.25) is 0 Å². The Morgan fingerprint density at radius 3 is 1.69 bits per heavy atom. The van der Waals surface area contributed by atoms with Crippen molar-refractivity contribution in [3.63, 3.8) is 0 Å². The predicted octanol–water partition coefficient (Wildman–Crippen LogP) is 7.95. The summed E-state index contributed by atoms with van der Waals surface area (Å²) in [6, 6.07) is 16.9. The van der Waals surface area contributed by atoms with Crippen molar-refractivity contribution >= 4 is 67.2 Å². The molecule has 0 saturated carbocycles. The summed E-state index contributed by atoms with van der Waals surface area (Å²) in [5.74, 6) is 0. The summed E-state index contributed by atoms with van der Waals surface area (Å²) < 4.78 is 11.8. The molecule has 0 N–H and O–H groups in total. The van der Waals surface area contributed by atoms with Crippen LogP contribution in [-0.4, -0.2) is 33.4 Å². The lowest BCUT2D eigenvalue weighted by Gasteiger charge is -2.06. The van der Waals surface area contributed by atoms with E-state index in [-0.39, 0.29) is 7.92 Å². The number of hydrogen-bond donors (Lipinski definition) is 0. The quantitative estimate of drug-likeness (QED) is 0.231. The minimum atomic E-state index is -2.03. The van der Waals surface area contributed by atoms with Gasteiger partial charge in [-0.1, -0.05) is 62.5 Å². The summed E-state index contributed by atoms with van der Waals surface area (Å²) >= 11 is 14.8. The summed E-state index contributed by atoms with van der Waals surface area (Å²) in [7, 11) is -1.92. The van der Waals surface area contributed by atoms with E-state index in [1.54, 1.807) is 5.31 Å². The monoisotopic (exact) mass is 502 g/mol. The second-order valence-electron chi connectivity index (χ2n) is 7.52. The van der Waals surface area contributed by atoms with Crippen LogP contribution in [0.5, 0.6) is 0 Å². The van der Waals surface area contributed by atoms with Crippen molar-refractivity contribution in [1.82, 2.24) is 0 Å². The normalized spacial score (nSPS) is 14.2. The lowest BCUT2D eigenvalue weighted by molar-refractivity contribution is 0.586. The van der Waals surface area contributed by atoms with Crippen LogP contribution < -0.4 is 0 Å². The van der Waals surface area contributed by atoms with E-state index in [1.807, 2.05) is 25.5 Å². The molecule has 4 rings (SSSR count). The molecule has 156 valence electrons. The van der Waals surface area contributed by atoms with Gasteiger partial charge in [-0.25, -0.2) is 0 Å². The minimum Gasteiger partial charge on any atom is -0.320 e. The molecule has 0 atom stereocenters. The summed E-state index contributed by atoms with van der Waals surface area (Å²) in [4.78, 5) is 0. The highest BCUT2D eigenvalue weighted by Gasteiger charge is 2.21. The fraction of sp³-hybridized carbons (Fsp3) is 0.273. The van der Waals surface area contributed by atoms with E-state index in [9.17, 15) is 4.57 Å². The molecule has 7 heteroatoms. The molecule has 0 fully saturated rings. The summed E-state index contributed by atoms with van der Waals surface area (Å²) in [5, 5.41) is 2.74. The molecule has 1 nitrogen and oxygen atoms in total. The average molecular weight is 504 g/mol. The standard InChI is InChI=1S/C11H13OP.C11H13P.Cl3HSi/c1-13(2,12)11-7-9-5-3-4-6-10(9)8-11;1-12(2)11-7-9-5-3-4-6-10(9)8-11;1-4(2)3/h3-7H,8H2,1-2H3;3-7H,8H2,1-2H3;4H. The summed E-state index contributed by atoms with van der Waals surface area (Å²) in [6.45, 7) is 6.61. The van der Waals surface area contributed by atoms with Gasteiger partial charge in [0.25, 0.3) is 0 Å². The van der Waals surface area contributed by atoms with E-state index in [4.69, 9.17) is 33.2 Å². The smallest absolute Gasteiger partial charge is 0.320 e. The van der Waals surface area contributed by atoms with Crippen molar-refractivity contribution < 1.29 is 4.57 Å². The first-order valence-electron chi connectivity index (χ1n) is 9.30. The Balaban J connectivity index is 0.000000176. The fourth-order valence-corrected chi connectivity index (χ4v) is 5.04. The van der Waals surface area contributed by atoms with Crippen LogP contribution in [0.15, 0.2) is 59.2 Å². The van der Waals surface area contributed by atoms with Gasteiger partial charge in [-0.15, -0.1) is 33.2 Å². The molecule has 0 saturated heterocycles. The zero-order valence-corrected chi connectivity index (χ0v) is 22.4. The number of allylic oxidation sites excluding steroid dienone is 2. The lowest BCUT2D eigenvalue weighted by Crippen LogP contribution is -1.84. The third-order valence-corrected chi connectivity index (χ3v) is 7.87. The van der Waals surface area contributed by atoms with Crippen LogP contribution in [0.2, 0.25) is 0 Å². The van der Waals surface area contributed by atoms with Crippen LogP contribution in [0.3, 0.4) is 0 Å². The van der Waals surface area contributed by atoms with Crippen molar-refractivity contribution in [3.05, 3.63) is 81.4 Å². The second kappa shape index (κ2) is 11.3. The Morgan fingerprint density at radius 2 is 1.28 bits per heavy atom. The van der Waals surface area contributed by atoms with Gasteiger partial charge in [0.1, 0.15) is 7.14 Å². The van der Waals surface area contributed by atoms with E-state index < -0.39 is 13.9 Å². The summed E-state index contributed by atoms with van der Waals surface area (Å²) in [6.07, 6.45) is 6.51. The van der Waals surface area contributed by atoms with Crippen molar-refractivity contribution in [3.8, 4) is 0 Å². The fourth-order valence-electron chi connectivity index (χ4n) is 3.16. The molecule has 0 bridgehead atoms. The van der Waals surface area contributed by atoms with Crippen molar-refractivity contribution in [2.24, 2.45) is 0 Å². The van der Waals surface area contributed by atoms with E-state index in [0.717, 1.165) is 11.7 Å². The van der Waals surface area contributed by atoms with E-state index in [1.165, 1.54) is 28.7 Å². The Morgan fingerprint density at radius 1 is 0.828 bits per heavy atom. The maximum atomic E-state index is 11.8. The Kier molecular flexibility index (Phi) is 9.74. The van der Waals surface area contributed by atoms with Gasteiger partial charge < -0.3 is 4.57 Å². The Labute approximate surface area is 192 Å². The molecule has 0 unspecified atom stereocenters. The number of benzene rings is 2. The van der Waals surface area contributed by atoms with Crippen LogP contribution in [0.25, 0.3) is 12.2 Å². The zero-order valence-electron chi connectivity index (χ0n) is 17.2. The average Bonchev–Trinajstić information content (AvgIpc) is 3.26. The highest BCUT2D eigenvalue weighted by molar-refractivity contribution is 7.66. The predicted molar refractivity (Wildman–Crippen MR) is 139 cm³/mol. The lowest BCUT2D eigenvalue weighted by atomic mass is 10.1. The van der Waals surface area contributed by atoms with Crippen LogP contribution >= 0.6 is 48.3 Å². The third kappa shape index (κ3) is 8.02. The molecule has 2 aromatic carbocycles. The van der Waals surface area contributed by atoms with Gasteiger partial charge in [-0.3, -0.25) is 0 Å². The van der Waals surface area contributed by atoms with Crippen LogP contribution in [0, 0.1) is 0 Å². The Hall–Kier alpha value is -0.333. The molecule has 29 heavy (non-hydrogen) atoms. The molecule has 0 aliphatic heterocycles. The van der Waals surface area contributed by atoms with Crippen molar-refractivity contribution in [2.45, 2.75) is 12.8 Å². The number of hydrogen-bond acceptors (Lipinski definition) is 1. The van der Waals surface area contributed by atoms with Gasteiger partial charge in [0.05, 0.1) is 0 Å². The summed E-state index contributed by atoms with van der Waals surface area (Å²) in [5.41, 5.74) is 5.48. The van der Waals surface area contributed by atoms with Crippen molar-refractivity contribution in [2.75, 3.05) is 26.7 Å². The van der Waals surface area contributed by atoms with Gasteiger partial charge in [-0.2, -0.15) is 0 Å². The molecule has 2 aliphatic carbocycles. The zero-order chi connectivity index (χ0) is 21.6. The maximum Gasteiger partial charge on any atom is 0.326 e. The highest BCUT2D eigenvalue weighted by Crippen LogP contribution is 2.51. The molecule has 2 aliphatic rings. The molecule has 0 spiro atoms. The van der Waals surface area contributed by atoms with E-state index in [2.05, 4.69) is 61.9 Å². The van der Waals surface area contributed by atoms with Crippen molar-refractivity contribution in [1.29, 1.82) is 0 Å². The van der Waals surface area contributed by atoms with E-state index in [0.29, 0.717) is 0 Å². The van der Waals surface area contributed by atoms with Gasteiger partial charge in [-0.05, 0) is 72.0 Å². The number of halogens is 3. The third-order valence-electron chi connectivity index (χ3n) is 4.76. The molecule has 0 amide bonds. The minimum absolute atomic E-state index is 0.113. The van der Waals surface area contributed by atoms with Crippen LogP contribution in [0.4, 0.5) is 0 Å². The largest absolute Gasteiger partial charge is 0.326 e. The van der Waals surface area contributed by atoms with Crippen LogP contribution in [0.1, 0.15) is 22.3 Å². The molecule has 0 aromatic heterocycles. The topological polar surface area (TPSA) is 17.1 Å². The SMILES string of the molecule is CP(C)(=O)C1=Cc2ccccc2C1.CP(C)C1=Cc2ccccc2C1.Cl[SiH](Cl)Cl. The molecule has 0 heterocycles. The molecular weight excluding hydrogens is 477 g/mol. The van der Waals surface area contributed by atoms with Gasteiger partial charge >= 0.3 is 6.73 Å². The van der Waals surface area contributed by atoms with Crippen LogP contribution in [-0.2, 0) is 17.4 Å². The molecular formula is C22H27Cl3OP2Si. The van der Waals surface area contributed by atoms with Gasteiger partial charge in [0.15, 0.2) is 0 Å². The molecule has 0 radical (unpaired) electrons. The number of fused-ring (bicyclic) bond motifs is 2. The first-order chi connectivity index (χ1) is 13.6. The number of rotatable bonds is 2. The first-order valence-corrected chi connectivity index (χ1v) is 19.4. The molecule has 2 aromatic rings. The van der Waals surface area contributed by atoms with Gasteiger partial charge in [0, 0.05) is 6.42 Å². The second-order valence-corrected chi connectivity index (χ2v) is 19.6. The first kappa shape index (κ1) is 24.9. The van der Waals surface area contributed by atoms with E-state index >= 15 is 0 Å². The Bertz CT molecular complexity index is 946.